The number of furan rings is 1. The summed E-state index contributed by atoms with van der Waals surface area (Å²) in [6.45, 7) is 3.28. The Hall–Kier alpha value is -2.38. The minimum absolute atomic E-state index is 0. The predicted molar refractivity (Wildman–Crippen MR) is 105 cm³/mol. The van der Waals surface area contributed by atoms with Crippen molar-refractivity contribution in [3.63, 3.8) is 0 Å². The molecule has 0 atom stereocenters. The van der Waals surface area contributed by atoms with Crippen molar-refractivity contribution in [3.05, 3.63) is 58.8 Å². The average molecular weight is 410 g/mol. The smallest absolute Gasteiger partial charge is 0.257 e. The molecule has 3 N–H and O–H groups in total. The van der Waals surface area contributed by atoms with E-state index < -0.39 is 0 Å². The fraction of sp³-hybridized carbons (Fsp3) is 0.400. The van der Waals surface area contributed by atoms with Crippen LogP contribution in [-0.2, 0) is 17.9 Å². The summed E-state index contributed by atoms with van der Waals surface area (Å²) in [5, 5.41) is 2.86. The monoisotopic (exact) mass is 409 g/mol. The molecule has 2 amide bonds. The van der Waals surface area contributed by atoms with Crippen LogP contribution in [0.4, 0.5) is 4.39 Å². The number of aryl methyl sites for hydroxylation is 1. The lowest BCUT2D eigenvalue weighted by atomic mass is 9.95. The molecule has 6 nitrogen and oxygen atoms in total. The summed E-state index contributed by atoms with van der Waals surface area (Å²) in [5.41, 5.74) is 7.29. The van der Waals surface area contributed by atoms with Gasteiger partial charge in [0.2, 0.25) is 5.91 Å². The molecule has 0 bridgehead atoms. The molecule has 2 aromatic rings. The summed E-state index contributed by atoms with van der Waals surface area (Å²) >= 11 is 0. The second-order valence-electron chi connectivity index (χ2n) is 6.87. The van der Waals surface area contributed by atoms with Crippen molar-refractivity contribution in [2.24, 2.45) is 11.7 Å². The number of carbonyl (C=O) groups is 2. The maximum Gasteiger partial charge on any atom is 0.257 e. The number of nitrogens with two attached hydrogens (primary N) is 1. The van der Waals surface area contributed by atoms with E-state index in [1.807, 2.05) is 0 Å². The van der Waals surface area contributed by atoms with Crippen LogP contribution in [-0.4, -0.2) is 29.8 Å². The lowest BCUT2D eigenvalue weighted by Crippen LogP contribution is -2.42. The first-order valence-electron chi connectivity index (χ1n) is 9.07. The number of benzene rings is 1. The van der Waals surface area contributed by atoms with E-state index in [0.717, 1.165) is 5.56 Å². The van der Waals surface area contributed by atoms with E-state index in [2.05, 4.69) is 5.32 Å². The number of rotatable bonds is 5. The van der Waals surface area contributed by atoms with Gasteiger partial charge in [0.15, 0.2) is 0 Å². The highest BCUT2D eigenvalue weighted by Gasteiger charge is 2.28. The lowest BCUT2D eigenvalue weighted by molar-refractivity contribution is -0.126. The van der Waals surface area contributed by atoms with Gasteiger partial charge < -0.3 is 20.4 Å². The zero-order chi connectivity index (χ0) is 19.4. The van der Waals surface area contributed by atoms with Crippen molar-refractivity contribution in [1.82, 2.24) is 10.2 Å². The van der Waals surface area contributed by atoms with Gasteiger partial charge in [-0.25, -0.2) is 4.39 Å². The standard InChI is InChI=1S/C20H24FN3O3.ClH/c1-13-2-3-14(8-18(13)21)11-23-19(25)15-4-6-24(7-5-15)20(26)16-9-17(10-22)27-12-16;/h2-3,8-9,12,15H,4-7,10-11,22H2,1H3,(H,23,25);1H. The molecular formula is C20H25ClFN3O3. The van der Waals surface area contributed by atoms with Crippen LogP contribution in [0.15, 0.2) is 34.9 Å². The van der Waals surface area contributed by atoms with Crippen molar-refractivity contribution in [2.45, 2.75) is 32.9 Å². The second kappa shape index (κ2) is 9.71. The second-order valence-corrected chi connectivity index (χ2v) is 6.87. The molecule has 1 fully saturated rings. The first kappa shape index (κ1) is 21.9. The number of amides is 2. The maximum atomic E-state index is 13.6. The van der Waals surface area contributed by atoms with E-state index in [4.69, 9.17) is 10.2 Å². The first-order chi connectivity index (χ1) is 13.0. The normalized spacial score (nSPS) is 14.5. The van der Waals surface area contributed by atoms with Gasteiger partial charge in [-0.2, -0.15) is 0 Å². The van der Waals surface area contributed by atoms with E-state index in [9.17, 15) is 14.0 Å². The van der Waals surface area contributed by atoms with Gasteiger partial charge in [0.05, 0.1) is 12.1 Å². The Morgan fingerprint density at radius 3 is 2.61 bits per heavy atom. The van der Waals surface area contributed by atoms with Gasteiger partial charge in [-0.05, 0) is 43.0 Å². The SMILES string of the molecule is Cc1ccc(CNC(=O)C2CCN(C(=O)c3coc(CN)c3)CC2)cc1F.Cl. The van der Waals surface area contributed by atoms with Crippen LogP contribution < -0.4 is 11.1 Å². The van der Waals surface area contributed by atoms with Crippen molar-refractivity contribution >= 4 is 24.2 Å². The maximum absolute atomic E-state index is 13.6. The Kier molecular flexibility index (Phi) is 7.60. The highest BCUT2D eigenvalue weighted by molar-refractivity contribution is 5.94. The zero-order valence-corrected chi connectivity index (χ0v) is 16.6. The zero-order valence-electron chi connectivity index (χ0n) is 15.7. The molecule has 0 saturated carbocycles. The molecule has 152 valence electrons. The molecule has 0 radical (unpaired) electrons. The average Bonchev–Trinajstić information content (AvgIpc) is 3.17. The van der Waals surface area contributed by atoms with Crippen LogP contribution in [0.3, 0.4) is 0 Å². The third kappa shape index (κ3) is 5.11. The van der Waals surface area contributed by atoms with Gasteiger partial charge in [-0.1, -0.05) is 12.1 Å². The molecule has 1 aromatic heterocycles. The topological polar surface area (TPSA) is 88.6 Å². The Bertz CT molecular complexity index is 832. The number of likely N-dealkylation sites (tertiary alicyclic amines) is 1. The largest absolute Gasteiger partial charge is 0.467 e. The van der Waals surface area contributed by atoms with Crippen LogP contribution >= 0.6 is 12.4 Å². The van der Waals surface area contributed by atoms with Crippen molar-refractivity contribution in [2.75, 3.05) is 13.1 Å². The van der Waals surface area contributed by atoms with E-state index in [-0.39, 0.29) is 42.5 Å². The number of nitrogens with zero attached hydrogens (tertiary/aromatic N) is 1. The van der Waals surface area contributed by atoms with E-state index in [1.165, 1.54) is 12.3 Å². The molecular weight excluding hydrogens is 385 g/mol. The first-order valence-corrected chi connectivity index (χ1v) is 9.07. The fourth-order valence-electron chi connectivity index (χ4n) is 3.21. The van der Waals surface area contributed by atoms with Gasteiger partial charge in [0.1, 0.15) is 17.8 Å². The molecule has 0 unspecified atom stereocenters. The molecule has 8 heteroatoms. The highest BCUT2D eigenvalue weighted by atomic mass is 35.5. The Balaban J connectivity index is 0.00000280. The Morgan fingerprint density at radius 1 is 1.29 bits per heavy atom. The van der Waals surface area contributed by atoms with Crippen LogP contribution in [0.2, 0.25) is 0 Å². The van der Waals surface area contributed by atoms with Gasteiger partial charge in [-0.15, -0.1) is 12.4 Å². The molecule has 1 aliphatic rings. The number of halogens is 2. The minimum atomic E-state index is -0.273. The number of carbonyl (C=O) groups excluding carboxylic acids is 2. The Morgan fingerprint density at radius 2 is 2.00 bits per heavy atom. The molecule has 28 heavy (non-hydrogen) atoms. The summed E-state index contributed by atoms with van der Waals surface area (Å²) in [6, 6.07) is 6.60. The number of piperidine rings is 1. The predicted octanol–water partition coefficient (Wildman–Crippen LogP) is 2.78. The molecule has 1 aliphatic heterocycles. The molecule has 1 aromatic carbocycles. The third-order valence-electron chi connectivity index (χ3n) is 4.96. The summed E-state index contributed by atoms with van der Waals surface area (Å²) in [5.74, 6) is -0.0108. The number of hydrogen-bond acceptors (Lipinski definition) is 4. The molecule has 0 spiro atoms. The van der Waals surface area contributed by atoms with E-state index >= 15 is 0 Å². The number of nitrogens with one attached hydrogen (secondary N) is 1. The molecule has 1 saturated heterocycles. The highest BCUT2D eigenvalue weighted by Crippen LogP contribution is 2.20. The molecule has 3 rings (SSSR count). The quantitative estimate of drug-likeness (QED) is 0.794. The summed E-state index contributed by atoms with van der Waals surface area (Å²) in [4.78, 5) is 26.6. The molecule has 0 aliphatic carbocycles. The van der Waals surface area contributed by atoms with Crippen LogP contribution in [0.25, 0.3) is 0 Å². The van der Waals surface area contributed by atoms with Gasteiger partial charge >= 0.3 is 0 Å². The lowest BCUT2D eigenvalue weighted by Gasteiger charge is -2.31. The summed E-state index contributed by atoms with van der Waals surface area (Å²) < 4.78 is 18.8. The van der Waals surface area contributed by atoms with Crippen LogP contribution in [0.5, 0.6) is 0 Å². The minimum Gasteiger partial charge on any atom is -0.467 e. The Labute approximate surface area is 169 Å². The van der Waals surface area contributed by atoms with E-state index in [0.29, 0.717) is 49.4 Å². The van der Waals surface area contributed by atoms with Crippen LogP contribution in [0, 0.1) is 18.7 Å². The van der Waals surface area contributed by atoms with Gasteiger partial charge in [-0.3, -0.25) is 9.59 Å². The summed E-state index contributed by atoms with van der Waals surface area (Å²) in [7, 11) is 0. The third-order valence-corrected chi connectivity index (χ3v) is 4.96. The fourth-order valence-corrected chi connectivity index (χ4v) is 3.21. The summed E-state index contributed by atoms with van der Waals surface area (Å²) in [6.07, 6.45) is 2.62. The van der Waals surface area contributed by atoms with Crippen molar-refractivity contribution in [1.29, 1.82) is 0 Å². The van der Waals surface area contributed by atoms with Crippen molar-refractivity contribution < 1.29 is 18.4 Å². The van der Waals surface area contributed by atoms with Gasteiger partial charge in [0, 0.05) is 25.6 Å². The van der Waals surface area contributed by atoms with Crippen LogP contribution in [0.1, 0.15) is 40.1 Å². The van der Waals surface area contributed by atoms with Crippen molar-refractivity contribution in [3.8, 4) is 0 Å². The number of hydrogen-bond donors (Lipinski definition) is 2. The van der Waals surface area contributed by atoms with Gasteiger partial charge in [0.25, 0.3) is 5.91 Å². The molecule has 2 heterocycles. The van der Waals surface area contributed by atoms with E-state index in [1.54, 1.807) is 30.0 Å².